The third-order valence-electron chi connectivity index (χ3n) is 4.03. The lowest BCUT2D eigenvalue weighted by Crippen LogP contribution is -2.30. The van der Waals surface area contributed by atoms with Gasteiger partial charge >= 0.3 is 0 Å². The van der Waals surface area contributed by atoms with E-state index in [1.165, 1.54) is 18.4 Å². The summed E-state index contributed by atoms with van der Waals surface area (Å²) in [4.78, 5) is 12.5. The Balaban J connectivity index is 1.81. The first-order chi connectivity index (χ1) is 10.1. The van der Waals surface area contributed by atoms with Crippen molar-refractivity contribution in [3.63, 3.8) is 0 Å². The van der Waals surface area contributed by atoms with Crippen LogP contribution in [0.5, 0.6) is 0 Å². The molecule has 3 rings (SSSR count). The summed E-state index contributed by atoms with van der Waals surface area (Å²) in [7, 11) is 0. The Labute approximate surface area is 125 Å². The van der Waals surface area contributed by atoms with Gasteiger partial charge in [-0.1, -0.05) is 30.3 Å². The average molecular weight is 280 g/mol. The maximum atomic E-state index is 12.5. The molecular weight excluding hydrogens is 260 g/mol. The van der Waals surface area contributed by atoms with Crippen molar-refractivity contribution in [1.82, 2.24) is 5.32 Å². The summed E-state index contributed by atoms with van der Waals surface area (Å²) in [5.41, 5.74) is 9.23. The van der Waals surface area contributed by atoms with E-state index in [2.05, 4.69) is 17.4 Å². The molecule has 2 aromatic carbocycles. The zero-order chi connectivity index (χ0) is 14.8. The Hall–Kier alpha value is -2.29. The molecule has 0 aliphatic heterocycles. The molecule has 1 atom stereocenters. The van der Waals surface area contributed by atoms with Crippen molar-refractivity contribution in [1.29, 1.82) is 0 Å². The van der Waals surface area contributed by atoms with E-state index in [9.17, 15) is 4.79 Å². The molecule has 0 saturated heterocycles. The molecule has 3 N–H and O–H groups in total. The van der Waals surface area contributed by atoms with Crippen molar-refractivity contribution in [3.05, 3.63) is 65.2 Å². The molecule has 0 bridgehead atoms. The first-order valence-electron chi connectivity index (χ1n) is 7.37. The van der Waals surface area contributed by atoms with Gasteiger partial charge in [0.15, 0.2) is 0 Å². The van der Waals surface area contributed by atoms with Gasteiger partial charge in [-0.05, 0) is 55.0 Å². The molecule has 1 saturated carbocycles. The number of hydrogen-bond donors (Lipinski definition) is 2. The highest BCUT2D eigenvalue weighted by Crippen LogP contribution is 2.41. The van der Waals surface area contributed by atoms with E-state index in [0.29, 0.717) is 17.2 Å². The Bertz CT molecular complexity index is 648. The predicted octanol–water partition coefficient (Wildman–Crippen LogP) is 3.46. The zero-order valence-corrected chi connectivity index (χ0v) is 12.2. The molecule has 0 heterocycles. The van der Waals surface area contributed by atoms with Crippen LogP contribution < -0.4 is 11.1 Å². The molecule has 1 aliphatic carbocycles. The third kappa shape index (κ3) is 3.07. The monoisotopic (exact) mass is 280 g/mol. The fourth-order valence-electron chi connectivity index (χ4n) is 2.72. The number of anilines is 1. The van der Waals surface area contributed by atoms with E-state index in [4.69, 9.17) is 5.73 Å². The molecule has 1 amide bonds. The van der Waals surface area contributed by atoms with Crippen LogP contribution in [-0.4, -0.2) is 5.91 Å². The number of rotatable bonds is 4. The Morgan fingerprint density at radius 2 is 1.90 bits per heavy atom. The molecule has 0 spiro atoms. The van der Waals surface area contributed by atoms with E-state index in [-0.39, 0.29) is 11.9 Å². The van der Waals surface area contributed by atoms with Crippen LogP contribution in [0.15, 0.2) is 48.5 Å². The van der Waals surface area contributed by atoms with Gasteiger partial charge in [0.1, 0.15) is 0 Å². The number of nitrogen functional groups attached to an aromatic ring is 1. The van der Waals surface area contributed by atoms with Gasteiger partial charge in [-0.2, -0.15) is 0 Å². The van der Waals surface area contributed by atoms with Crippen LogP contribution in [0, 0.1) is 12.8 Å². The minimum Gasteiger partial charge on any atom is -0.399 e. The maximum absolute atomic E-state index is 12.5. The van der Waals surface area contributed by atoms with Crippen LogP contribution in [0.4, 0.5) is 5.69 Å². The second-order valence-corrected chi connectivity index (χ2v) is 5.77. The first-order valence-corrected chi connectivity index (χ1v) is 7.37. The van der Waals surface area contributed by atoms with Crippen LogP contribution in [-0.2, 0) is 0 Å². The van der Waals surface area contributed by atoms with E-state index in [1.807, 2.05) is 31.2 Å². The molecule has 3 nitrogen and oxygen atoms in total. The number of hydrogen-bond acceptors (Lipinski definition) is 2. The standard InChI is InChI=1S/C18H20N2O/c1-12-11-15(19)9-10-16(12)18(21)20-17(14-7-8-14)13-5-3-2-4-6-13/h2-6,9-11,14,17H,7-8,19H2,1H3,(H,20,21). The fourth-order valence-corrected chi connectivity index (χ4v) is 2.72. The molecule has 1 fully saturated rings. The summed E-state index contributed by atoms with van der Waals surface area (Å²) < 4.78 is 0. The van der Waals surface area contributed by atoms with Crippen molar-refractivity contribution in [2.45, 2.75) is 25.8 Å². The SMILES string of the molecule is Cc1cc(N)ccc1C(=O)NC(c1ccccc1)C1CC1. The number of amides is 1. The molecule has 108 valence electrons. The molecule has 21 heavy (non-hydrogen) atoms. The summed E-state index contributed by atoms with van der Waals surface area (Å²) in [6.07, 6.45) is 2.36. The second-order valence-electron chi connectivity index (χ2n) is 5.77. The first kappa shape index (κ1) is 13.7. The maximum Gasteiger partial charge on any atom is 0.252 e. The van der Waals surface area contributed by atoms with E-state index in [1.54, 1.807) is 12.1 Å². The highest BCUT2D eigenvalue weighted by Gasteiger charge is 2.33. The minimum atomic E-state index is -0.0201. The number of carbonyl (C=O) groups excluding carboxylic acids is 1. The molecule has 0 aromatic heterocycles. The lowest BCUT2D eigenvalue weighted by molar-refractivity contribution is 0.0931. The minimum absolute atomic E-state index is 0.0201. The van der Waals surface area contributed by atoms with Gasteiger partial charge in [0, 0.05) is 11.3 Å². The summed E-state index contributed by atoms with van der Waals surface area (Å²) in [5, 5.41) is 3.19. The van der Waals surface area contributed by atoms with Crippen molar-refractivity contribution in [2.75, 3.05) is 5.73 Å². The predicted molar refractivity (Wildman–Crippen MR) is 85.0 cm³/mol. The second kappa shape index (κ2) is 5.60. The average Bonchev–Trinajstić information content (AvgIpc) is 3.30. The quantitative estimate of drug-likeness (QED) is 0.843. The van der Waals surface area contributed by atoms with Crippen LogP contribution in [0.1, 0.15) is 40.4 Å². The van der Waals surface area contributed by atoms with Gasteiger partial charge in [-0.3, -0.25) is 4.79 Å². The fraction of sp³-hybridized carbons (Fsp3) is 0.278. The van der Waals surface area contributed by atoms with Gasteiger partial charge in [0.2, 0.25) is 0 Å². The number of aryl methyl sites for hydroxylation is 1. The van der Waals surface area contributed by atoms with E-state index in [0.717, 1.165) is 5.56 Å². The molecular formula is C18H20N2O. The topological polar surface area (TPSA) is 55.1 Å². The van der Waals surface area contributed by atoms with Crippen LogP contribution >= 0.6 is 0 Å². The number of benzene rings is 2. The van der Waals surface area contributed by atoms with Gasteiger partial charge in [0.05, 0.1) is 6.04 Å². The number of nitrogens with one attached hydrogen (secondary N) is 1. The molecule has 0 radical (unpaired) electrons. The highest BCUT2D eigenvalue weighted by atomic mass is 16.1. The van der Waals surface area contributed by atoms with Gasteiger partial charge in [-0.25, -0.2) is 0 Å². The Morgan fingerprint density at radius 3 is 2.52 bits per heavy atom. The van der Waals surface area contributed by atoms with Gasteiger partial charge in [-0.15, -0.1) is 0 Å². The normalized spacial score (nSPS) is 15.5. The number of carbonyl (C=O) groups is 1. The smallest absolute Gasteiger partial charge is 0.252 e. The third-order valence-corrected chi connectivity index (χ3v) is 4.03. The molecule has 3 heteroatoms. The number of nitrogens with two attached hydrogens (primary N) is 1. The summed E-state index contributed by atoms with van der Waals surface area (Å²) in [5.74, 6) is 0.540. The Kier molecular flexibility index (Phi) is 3.65. The van der Waals surface area contributed by atoms with E-state index < -0.39 is 0 Å². The largest absolute Gasteiger partial charge is 0.399 e. The van der Waals surface area contributed by atoms with Gasteiger partial charge < -0.3 is 11.1 Å². The molecule has 1 unspecified atom stereocenters. The lowest BCUT2D eigenvalue weighted by Gasteiger charge is -2.19. The van der Waals surface area contributed by atoms with E-state index >= 15 is 0 Å². The van der Waals surface area contributed by atoms with Crippen molar-refractivity contribution < 1.29 is 4.79 Å². The summed E-state index contributed by atoms with van der Waals surface area (Å²) in [6, 6.07) is 15.7. The lowest BCUT2D eigenvalue weighted by atomic mass is 10.0. The highest BCUT2D eigenvalue weighted by molar-refractivity contribution is 5.96. The van der Waals surface area contributed by atoms with Crippen molar-refractivity contribution >= 4 is 11.6 Å². The van der Waals surface area contributed by atoms with Crippen molar-refractivity contribution in [3.8, 4) is 0 Å². The Morgan fingerprint density at radius 1 is 1.19 bits per heavy atom. The molecule has 2 aromatic rings. The summed E-state index contributed by atoms with van der Waals surface area (Å²) >= 11 is 0. The van der Waals surface area contributed by atoms with Crippen LogP contribution in [0.2, 0.25) is 0 Å². The van der Waals surface area contributed by atoms with Crippen LogP contribution in [0.3, 0.4) is 0 Å². The zero-order valence-electron chi connectivity index (χ0n) is 12.2. The summed E-state index contributed by atoms with van der Waals surface area (Å²) in [6.45, 7) is 1.92. The molecule has 1 aliphatic rings. The van der Waals surface area contributed by atoms with Crippen LogP contribution in [0.25, 0.3) is 0 Å². The van der Waals surface area contributed by atoms with Gasteiger partial charge in [0.25, 0.3) is 5.91 Å². The van der Waals surface area contributed by atoms with Crippen molar-refractivity contribution in [2.24, 2.45) is 5.92 Å².